The quantitative estimate of drug-likeness (QED) is 0.633. The number of rotatable bonds is 6. The Balaban J connectivity index is 2.32. The van der Waals surface area contributed by atoms with Crippen LogP contribution in [0.1, 0.15) is 18.4 Å². The van der Waals surface area contributed by atoms with E-state index in [1.54, 1.807) is 18.2 Å². The van der Waals surface area contributed by atoms with Gasteiger partial charge in [-0.1, -0.05) is 34.1 Å². The summed E-state index contributed by atoms with van der Waals surface area (Å²) in [6, 6.07) is 6.35. The molecule has 1 N–H and O–H groups in total. The molecule has 0 saturated carbocycles. The third-order valence-corrected chi connectivity index (χ3v) is 2.75. The summed E-state index contributed by atoms with van der Waals surface area (Å²) in [5.41, 5.74) is 0.445. The summed E-state index contributed by atoms with van der Waals surface area (Å²) < 4.78 is 13.2. The smallest absolute Gasteiger partial charge is 0.224 e. The third kappa shape index (κ3) is 4.75. The first-order chi connectivity index (χ1) is 7.74. The molecule has 0 aromatic heterocycles. The van der Waals surface area contributed by atoms with Crippen molar-refractivity contribution in [2.75, 3.05) is 11.9 Å². The zero-order valence-corrected chi connectivity index (χ0v) is 10.6. The van der Waals surface area contributed by atoms with Gasteiger partial charge in [-0.15, -0.1) is 0 Å². The zero-order chi connectivity index (χ0) is 11.8. The third-order valence-electron chi connectivity index (χ3n) is 2.19. The topological polar surface area (TPSA) is 29.1 Å². The van der Waals surface area contributed by atoms with E-state index in [-0.39, 0.29) is 18.1 Å². The average Bonchev–Trinajstić information content (AvgIpc) is 2.28. The molecule has 1 aromatic rings. The van der Waals surface area contributed by atoms with E-state index in [0.29, 0.717) is 12.1 Å². The van der Waals surface area contributed by atoms with Gasteiger partial charge in [0, 0.05) is 11.9 Å². The van der Waals surface area contributed by atoms with Gasteiger partial charge in [-0.2, -0.15) is 0 Å². The summed E-state index contributed by atoms with van der Waals surface area (Å²) in [6.45, 7) is 0.652. The molecular weight excluding hydrogens is 273 g/mol. The number of carbonyl (C=O) groups excluding carboxylic acids is 1. The predicted molar refractivity (Wildman–Crippen MR) is 66.1 cm³/mol. The van der Waals surface area contributed by atoms with E-state index < -0.39 is 0 Å². The van der Waals surface area contributed by atoms with Crippen molar-refractivity contribution in [1.29, 1.82) is 0 Å². The second kappa shape index (κ2) is 7.39. The molecule has 0 bridgehead atoms. The highest BCUT2D eigenvalue weighted by molar-refractivity contribution is 9.09. The molecule has 1 amide bonds. The number of benzene rings is 1. The minimum Gasteiger partial charge on any atom is -0.356 e. The SMILES string of the molecule is O=C(Cc1ccccc1F)NCCCCBr. The molecule has 0 fully saturated rings. The molecule has 1 rings (SSSR count). The molecule has 0 aliphatic rings. The Morgan fingerprint density at radius 1 is 1.31 bits per heavy atom. The number of carbonyl (C=O) groups is 1. The fourth-order valence-corrected chi connectivity index (χ4v) is 1.72. The maximum atomic E-state index is 13.2. The van der Waals surface area contributed by atoms with Crippen LogP contribution in [0.2, 0.25) is 0 Å². The molecule has 0 unspecified atom stereocenters. The van der Waals surface area contributed by atoms with E-state index >= 15 is 0 Å². The Morgan fingerprint density at radius 3 is 2.75 bits per heavy atom. The van der Waals surface area contributed by atoms with Crippen LogP contribution in [0.5, 0.6) is 0 Å². The molecule has 4 heteroatoms. The van der Waals surface area contributed by atoms with Crippen molar-refractivity contribution < 1.29 is 9.18 Å². The van der Waals surface area contributed by atoms with Gasteiger partial charge in [-0.25, -0.2) is 4.39 Å². The van der Waals surface area contributed by atoms with Gasteiger partial charge in [0.15, 0.2) is 0 Å². The first-order valence-electron chi connectivity index (χ1n) is 5.30. The molecule has 0 atom stereocenters. The van der Waals surface area contributed by atoms with Crippen LogP contribution in [0.4, 0.5) is 4.39 Å². The summed E-state index contributed by atoms with van der Waals surface area (Å²) >= 11 is 3.32. The predicted octanol–water partition coefficient (Wildman–Crippen LogP) is 2.66. The lowest BCUT2D eigenvalue weighted by Gasteiger charge is -2.05. The summed E-state index contributed by atoms with van der Waals surface area (Å²) in [4.78, 5) is 11.4. The first kappa shape index (κ1) is 13.2. The van der Waals surface area contributed by atoms with Crippen LogP contribution in [0.15, 0.2) is 24.3 Å². The van der Waals surface area contributed by atoms with Crippen molar-refractivity contribution in [2.45, 2.75) is 19.3 Å². The first-order valence-corrected chi connectivity index (χ1v) is 6.42. The van der Waals surface area contributed by atoms with Gasteiger partial charge in [0.05, 0.1) is 6.42 Å². The Hall–Kier alpha value is -0.900. The summed E-state index contributed by atoms with van der Waals surface area (Å²) in [7, 11) is 0. The van der Waals surface area contributed by atoms with E-state index in [0.717, 1.165) is 18.2 Å². The van der Waals surface area contributed by atoms with Gasteiger partial charge in [0.25, 0.3) is 0 Å². The highest BCUT2D eigenvalue weighted by atomic mass is 79.9. The number of halogens is 2. The van der Waals surface area contributed by atoms with E-state index in [4.69, 9.17) is 0 Å². The molecule has 0 heterocycles. The number of hydrogen-bond acceptors (Lipinski definition) is 1. The fraction of sp³-hybridized carbons (Fsp3) is 0.417. The van der Waals surface area contributed by atoms with E-state index in [1.165, 1.54) is 6.07 Å². The molecule has 1 aromatic carbocycles. The van der Waals surface area contributed by atoms with Crippen molar-refractivity contribution in [3.63, 3.8) is 0 Å². The maximum absolute atomic E-state index is 13.2. The lowest BCUT2D eigenvalue weighted by molar-refractivity contribution is -0.120. The molecular formula is C12H15BrFNO. The summed E-state index contributed by atoms with van der Waals surface area (Å²) in [5, 5.41) is 3.71. The van der Waals surface area contributed by atoms with Crippen LogP contribution in [-0.4, -0.2) is 17.8 Å². The van der Waals surface area contributed by atoms with Crippen molar-refractivity contribution in [1.82, 2.24) is 5.32 Å². The fourth-order valence-electron chi connectivity index (χ4n) is 1.32. The molecule has 88 valence electrons. The van der Waals surface area contributed by atoms with Crippen LogP contribution >= 0.6 is 15.9 Å². The Morgan fingerprint density at radius 2 is 2.06 bits per heavy atom. The maximum Gasteiger partial charge on any atom is 0.224 e. The normalized spacial score (nSPS) is 10.1. The second-order valence-electron chi connectivity index (χ2n) is 3.51. The van der Waals surface area contributed by atoms with Crippen LogP contribution in [0.25, 0.3) is 0 Å². The van der Waals surface area contributed by atoms with E-state index in [1.807, 2.05) is 0 Å². The molecule has 0 aliphatic carbocycles. The monoisotopic (exact) mass is 287 g/mol. The molecule has 2 nitrogen and oxygen atoms in total. The minimum atomic E-state index is -0.321. The highest BCUT2D eigenvalue weighted by Crippen LogP contribution is 2.06. The molecule has 0 saturated heterocycles. The van der Waals surface area contributed by atoms with Crippen LogP contribution < -0.4 is 5.32 Å². The molecule has 0 radical (unpaired) electrons. The van der Waals surface area contributed by atoms with Crippen LogP contribution in [0, 0.1) is 5.82 Å². The number of nitrogens with one attached hydrogen (secondary N) is 1. The number of amides is 1. The lowest BCUT2D eigenvalue weighted by Crippen LogP contribution is -2.26. The largest absolute Gasteiger partial charge is 0.356 e. The zero-order valence-electron chi connectivity index (χ0n) is 9.01. The molecule has 16 heavy (non-hydrogen) atoms. The van der Waals surface area contributed by atoms with Gasteiger partial charge in [-0.3, -0.25) is 4.79 Å². The van der Waals surface area contributed by atoms with E-state index in [2.05, 4.69) is 21.2 Å². The molecule has 0 aliphatic heterocycles. The Labute approximate surface area is 103 Å². The standard InChI is InChI=1S/C12H15BrFNO/c13-7-3-4-8-15-12(16)9-10-5-1-2-6-11(10)14/h1-2,5-6H,3-4,7-9H2,(H,15,16). The van der Waals surface area contributed by atoms with Crippen LogP contribution in [-0.2, 0) is 11.2 Å². The van der Waals surface area contributed by atoms with Crippen molar-refractivity contribution in [3.8, 4) is 0 Å². The lowest BCUT2D eigenvalue weighted by atomic mass is 10.1. The number of alkyl halides is 1. The Kier molecular flexibility index (Phi) is 6.08. The van der Waals surface area contributed by atoms with Gasteiger partial charge in [0.2, 0.25) is 5.91 Å². The van der Waals surface area contributed by atoms with Crippen molar-refractivity contribution >= 4 is 21.8 Å². The molecule has 0 spiro atoms. The second-order valence-corrected chi connectivity index (χ2v) is 4.31. The van der Waals surface area contributed by atoms with Gasteiger partial charge in [-0.05, 0) is 24.5 Å². The number of hydrogen-bond donors (Lipinski definition) is 1. The van der Waals surface area contributed by atoms with Gasteiger partial charge < -0.3 is 5.32 Å². The number of unbranched alkanes of at least 4 members (excludes halogenated alkanes) is 1. The van der Waals surface area contributed by atoms with Gasteiger partial charge >= 0.3 is 0 Å². The summed E-state index contributed by atoms with van der Waals surface area (Å²) in [6.07, 6.45) is 2.08. The van der Waals surface area contributed by atoms with E-state index in [9.17, 15) is 9.18 Å². The minimum absolute atomic E-state index is 0.112. The average molecular weight is 288 g/mol. The van der Waals surface area contributed by atoms with Crippen molar-refractivity contribution in [3.05, 3.63) is 35.6 Å². The van der Waals surface area contributed by atoms with Gasteiger partial charge in [0.1, 0.15) is 5.82 Å². The van der Waals surface area contributed by atoms with Crippen molar-refractivity contribution in [2.24, 2.45) is 0 Å². The Bertz CT molecular complexity index is 344. The highest BCUT2D eigenvalue weighted by Gasteiger charge is 2.06. The summed E-state index contributed by atoms with van der Waals surface area (Å²) in [5.74, 6) is -0.446. The van der Waals surface area contributed by atoms with Crippen LogP contribution in [0.3, 0.4) is 0 Å².